The lowest BCUT2D eigenvalue weighted by Crippen LogP contribution is -2.44. The second-order valence-corrected chi connectivity index (χ2v) is 7.66. The second-order valence-electron chi connectivity index (χ2n) is 7.66. The van der Waals surface area contributed by atoms with E-state index in [1.807, 2.05) is 25.1 Å². The molecule has 8 nitrogen and oxygen atoms in total. The van der Waals surface area contributed by atoms with Gasteiger partial charge in [-0.1, -0.05) is 13.5 Å². The first-order valence-electron chi connectivity index (χ1n) is 10.3. The summed E-state index contributed by atoms with van der Waals surface area (Å²) in [6, 6.07) is 11.6. The molecule has 0 amide bonds. The van der Waals surface area contributed by atoms with Crippen LogP contribution in [-0.4, -0.2) is 52.7 Å². The molecule has 0 spiro atoms. The highest BCUT2D eigenvalue weighted by Crippen LogP contribution is 2.22. The molecule has 0 atom stereocenters. The number of allylic oxidation sites excluding steroid dienone is 1. The van der Waals surface area contributed by atoms with Crippen molar-refractivity contribution in [1.29, 1.82) is 5.26 Å². The first kappa shape index (κ1) is 20.6. The summed E-state index contributed by atoms with van der Waals surface area (Å²) in [7, 11) is 2.14. The smallest absolute Gasteiger partial charge is 0.274 e. The van der Waals surface area contributed by atoms with Gasteiger partial charge in [0.2, 0.25) is 5.95 Å². The van der Waals surface area contributed by atoms with Crippen LogP contribution in [0.25, 0.3) is 16.7 Å². The number of benzene rings is 1. The van der Waals surface area contributed by atoms with Crippen molar-refractivity contribution in [3.8, 4) is 6.07 Å². The largest absolute Gasteiger partial charge is 0.369 e. The highest BCUT2D eigenvalue weighted by Gasteiger charge is 2.15. The van der Waals surface area contributed by atoms with Gasteiger partial charge in [0, 0.05) is 54.8 Å². The molecule has 0 aliphatic carbocycles. The number of piperazine rings is 1. The zero-order valence-electron chi connectivity index (χ0n) is 17.8. The zero-order chi connectivity index (χ0) is 22.0. The summed E-state index contributed by atoms with van der Waals surface area (Å²) in [6.45, 7) is 10.0. The topological polar surface area (TPSA) is 90.1 Å². The molecule has 4 rings (SSSR count). The zero-order valence-corrected chi connectivity index (χ0v) is 17.8. The third-order valence-electron chi connectivity index (χ3n) is 5.58. The fraction of sp³-hybridized carbons (Fsp3) is 0.304. The molecule has 0 bridgehead atoms. The van der Waals surface area contributed by atoms with Crippen molar-refractivity contribution in [2.45, 2.75) is 13.3 Å². The summed E-state index contributed by atoms with van der Waals surface area (Å²) in [5, 5.41) is 13.1. The number of rotatable bonds is 5. The third-order valence-corrected chi connectivity index (χ3v) is 5.58. The van der Waals surface area contributed by atoms with Crippen molar-refractivity contribution in [2.24, 2.45) is 0 Å². The molecule has 3 heterocycles. The quantitative estimate of drug-likeness (QED) is 0.685. The maximum absolute atomic E-state index is 12.7. The number of nitrogens with zero attached hydrogens (tertiary/aromatic N) is 6. The maximum Gasteiger partial charge on any atom is 0.274 e. The van der Waals surface area contributed by atoms with Crippen LogP contribution in [0.1, 0.15) is 18.9 Å². The molecule has 2 aromatic heterocycles. The molecule has 31 heavy (non-hydrogen) atoms. The second kappa shape index (κ2) is 8.58. The molecule has 1 aliphatic heterocycles. The highest BCUT2D eigenvalue weighted by atomic mass is 16.1. The van der Waals surface area contributed by atoms with Crippen molar-refractivity contribution in [3.63, 3.8) is 0 Å². The van der Waals surface area contributed by atoms with Gasteiger partial charge in [0.05, 0.1) is 0 Å². The van der Waals surface area contributed by atoms with Crippen molar-refractivity contribution >= 4 is 34.1 Å². The van der Waals surface area contributed by atoms with E-state index in [1.165, 1.54) is 16.3 Å². The molecule has 158 valence electrons. The van der Waals surface area contributed by atoms with Crippen LogP contribution >= 0.6 is 0 Å². The van der Waals surface area contributed by atoms with Crippen molar-refractivity contribution in [3.05, 3.63) is 59.0 Å². The lowest BCUT2D eigenvalue weighted by atomic mass is 10.2. The van der Waals surface area contributed by atoms with E-state index in [2.05, 4.69) is 50.8 Å². The Balaban J connectivity index is 1.62. The third kappa shape index (κ3) is 4.13. The van der Waals surface area contributed by atoms with Crippen LogP contribution in [0, 0.1) is 11.3 Å². The van der Waals surface area contributed by atoms with Gasteiger partial charge in [-0.25, -0.2) is 4.98 Å². The standard InChI is InChI=1S/C23H25N7O/c1-4-16(2)30-21-18(13-17(14-24)22(30)31)15-25-23(27-21)26-19-5-7-20(8-6-19)29-11-9-28(3)10-12-29/h5-8,13,15H,2,4,9-12H2,1,3H3,(H,25,26,27). The molecule has 1 fully saturated rings. The van der Waals surface area contributed by atoms with Gasteiger partial charge in [0.15, 0.2) is 5.65 Å². The summed E-state index contributed by atoms with van der Waals surface area (Å²) in [5.41, 5.74) is 2.69. The van der Waals surface area contributed by atoms with Crippen LogP contribution in [0.2, 0.25) is 0 Å². The maximum atomic E-state index is 12.7. The Morgan fingerprint density at radius 1 is 1.23 bits per heavy atom. The van der Waals surface area contributed by atoms with E-state index in [0.717, 1.165) is 31.9 Å². The van der Waals surface area contributed by atoms with Gasteiger partial charge in [-0.3, -0.25) is 9.36 Å². The molecule has 3 aromatic rings. The Morgan fingerprint density at radius 3 is 2.58 bits per heavy atom. The van der Waals surface area contributed by atoms with Crippen molar-refractivity contribution < 1.29 is 0 Å². The number of nitriles is 1. The normalized spacial score (nSPS) is 14.4. The molecular weight excluding hydrogens is 390 g/mol. The Labute approximate surface area is 181 Å². The lowest BCUT2D eigenvalue weighted by molar-refractivity contribution is 0.313. The van der Waals surface area contributed by atoms with Gasteiger partial charge in [-0.2, -0.15) is 10.2 Å². The molecule has 0 radical (unpaired) electrons. The fourth-order valence-electron chi connectivity index (χ4n) is 3.64. The molecule has 1 saturated heterocycles. The van der Waals surface area contributed by atoms with E-state index in [1.54, 1.807) is 6.20 Å². The number of fused-ring (bicyclic) bond motifs is 1. The molecular formula is C23H25N7O. The van der Waals surface area contributed by atoms with E-state index in [-0.39, 0.29) is 5.56 Å². The number of pyridine rings is 1. The van der Waals surface area contributed by atoms with Crippen molar-refractivity contribution in [1.82, 2.24) is 19.4 Å². The highest BCUT2D eigenvalue weighted by molar-refractivity contribution is 5.80. The number of hydrogen-bond acceptors (Lipinski definition) is 7. The van der Waals surface area contributed by atoms with Gasteiger partial charge in [-0.05, 0) is 43.8 Å². The molecule has 1 N–H and O–H groups in total. The van der Waals surface area contributed by atoms with Crippen LogP contribution in [0.4, 0.5) is 17.3 Å². The molecule has 0 unspecified atom stereocenters. The van der Waals surface area contributed by atoms with Crippen LogP contribution in [0.3, 0.4) is 0 Å². The summed E-state index contributed by atoms with van der Waals surface area (Å²) in [4.78, 5) is 26.3. The monoisotopic (exact) mass is 415 g/mol. The van der Waals surface area contributed by atoms with E-state index < -0.39 is 5.56 Å². The molecule has 0 saturated carbocycles. The van der Waals surface area contributed by atoms with Crippen LogP contribution in [0.15, 0.2) is 47.9 Å². The molecule has 8 heteroatoms. The summed E-state index contributed by atoms with van der Waals surface area (Å²) >= 11 is 0. The van der Waals surface area contributed by atoms with E-state index >= 15 is 0 Å². The van der Waals surface area contributed by atoms with E-state index in [4.69, 9.17) is 0 Å². The average molecular weight is 416 g/mol. The van der Waals surface area contributed by atoms with Crippen LogP contribution in [-0.2, 0) is 0 Å². The first-order valence-corrected chi connectivity index (χ1v) is 10.3. The van der Waals surface area contributed by atoms with Crippen LogP contribution < -0.4 is 15.8 Å². The minimum Gasteiger partial charge on any atom is -0.369 e. The number of likely N-dealkylation sites (N-methyl/N-ethyl adjacent to an activating group) is 1. The number of nitrogens with one attached hydrogen (secondary N) is 1. The minimum atomic E-state index is -0.414. The van der Waals surface area contributed by atoms with Gasteiger partial charge in [-0.15, -0.1) is 0 Å². The average Bonchev–Trinajstić information content (AvgIpc) is 2.79. The molecule has 1 aliphatic rings. The molecule has 1 aromatic carbocycles. The summed E-state index contributed by atoms with van der Waals surface area (Å²) in [6.07, 6.45) is 2.17. The lowest BCUT2D eigenvalue weighted by Gasteiger charge is -2.34. The minimum absolute atomic E-state index is 0.0471. The van der Waals surface area contributed by atoms with Crippen molar-refractivity contribution in [2.75, 3.05) is 43.4 Å². The predicted molar refractivity (Wildman–Crippen MR) is 124 cm³/mol. The number of aromatic nitrogens is 3. The van der Waals surface area contributed by atoms with Gasteiger partial charge >= 0.3 is 0 Å². The fourth-order valence-corrected chi connectivity index (χ4v) is 3.64. The van der Waals surface area contributed by atoms with E-state index in [0.29, 0.717) is 29.1 Å². The Hall–Kier alpha value is -3.70. The van der Waals surface area contributed by atoms with Gasteiger partial charge in [0.1, 0.15) is 11.6 Å². The summed E-state index contributed by atoms with van der Waals surface area (Å²) in [5.74, 6) is 0.376. The van der Waals surface area contributed by atoms with E-state index in [9.17, 15) is 10.1 Å². The first-order chi connectivity index (χ1) is 15.0. The Bertz CT molecular complexity index is 1220. The van der Waals surface area contributed by atoms with Crippen LogP contribution in [0.5, 0.6) is 0 Å². The number of hydrogen-bond donors (Lipinski definition) is 1. The summed E-state index contributed by atoms with van der Waals surface area (Å²) < 4.78 is 1.40. The SMILES string of the molecule is C=C(CC)n1c(=O)c(C#N)cc2cnc(Nc3ccc(N4CCN(C)CC4)cc3)nc21. The van der Waals surface area contributed by atoms with Gasteiger partial charge in [0.25, 0.3) is 5.56 Å². The Morgan fingerprint density at radius 2 is 1.94 bits per heavy atom. The Kier molecular flexibility index (Phi) is 5.69. The van der Waals surface area contributed by atoms with Gasteiger partial charge < -0.3 is 15.1 Å². The predicted octanol–water partition coefficient (Wildman–Crippen LogP) is 3.04. The number of anilines is 3.